The van der Waals surface area contributed by atoms with Gasteiger partial charge in [-0.15, -0.1) is 0 Å². The van der Waals surface area contributed by atoms with Crippen LogP contribution in [-0.4, -0.2) is 37.2 Å². The minimum Gasteiger partial charge on any atom is -0.462 e. The summed E-state index contributed by atoms with van der Waals surface area (Å²) in [5.41, 5.74) is 0. The number of hydrogen-bond acceptors (Lipinski definition) is 6. The van der Waals surface area contributed by atoms with E-state index in [9.17, 15) is 14.4 Å². The maximum atomic E-state index is 12.7. The number of esters is 3. The van der Waals surface area contributed by atoms with Gasteiger partial charge in [0.1, 0.15) is 13.2 Å². The molecule has 6 nitrogen and oxygen atoms in total. The highest BCUT2D eigenvalue weighted by Gasteiger charge is 2.19. The lowest BCUT2D eigenvalue weighted by atomic mass is 10.1. The highest BCUT2D eigenvalue weighted by atomic mass is 16.6. The molecule has 1 atom stereocenters. The van der Waals surface area contributed by atoms with Crippen LogP contribution in [0.15, 0.2) is 146 Å². The first-order valence-corrected chi connectivity index (χ1v) is 24.9. The number of rotatable bonds is 42. The SMILES string of the molecule is CC\C=C/C=C\C=C/C=C\C=C/CCCC(=O)OCC(COC(=O)CCCCCCCCC/C=C\C/C=C\CCCCC)OC(=O)CC/C=C\C/C=C\C/C=C\C/C=C\C/C=C\CC. The Kier molecular flexibility index (Phi) is 47.2. The summed E-state index contributed by atoms with van der Waals surface area (Å²) < 4.78 is 16.6. The van der Waals surface area contributed by atoms with Crippen molar-refractivity contribution in [3.8, 4) is 0 Å². The number of unbranched alkanes of at least 4 members (excludes halogenated alkanes) is 11. The molecule has 0 aliphatic rings. The van der Waals surface area contributed by atoms with E-state index >= 15 is 0 Å². The quantitative estimate of drug-likeness (QED) is 0.0200. The molecule has 0 heterocycles. The molecule has 1 unspecified atom stereocenters. The molecule has 0 aliphatic carbocycles. The summed E-state index contributed by atoms with van der Waals surface area (Å²) in [5.74, 6) is -1.12. The van der Waals surface area contributed by atoms with Gasteiger partial charge in [-0.3, -0.25) is 14.4 Å². The Bertz CT molecular complexity index is 1480. The van der Waals surface area contributed by atoms with E-state index in [1.54, 1.807) is 0 Å². The minimum atomic E-state index is -0.855. The molecule has 6 heteroatoms. The predicted molar refractivity (Wildman–Crippen MR) is 274 cm³/mol. The first-order chi connectivity index (χ1) is 31.5. The molecule has 0 aromatic rings. The monoisotopic (exact) mass is 881 g/mol. The summed E-state index contributed by atoms with van der Waals surface area (Å²) in [7, 11) is 0. The van der Waals surface area contributed by atoms with Crippen LogP contribution in [0.25, 0.3) is 0 Å². The van der Waals surface area contributed by atoms with Crippen LogP contribution in [0.3, 0.4) is 0 Å². The summed E-state index contributed by atoms with van der Waals surface area (Å²) in [6.07, 6.45) is 72.8. The van der Waals surface area contributed by atoms with Crippen LogP contribution in [0.5, 0.6) is 0 Å². The van der Waals surface area contributed by atoms with Crippen LogP contribution in [0.2, 0.25) is 0 Å². The van der Waals surface area contributed by atoms with Crippen LogP contribution in [0.4, 0.5) is 0 Å². The topological polar surface area (TPSA) is 78.9 Å². The molecule has 0 saturated carbocycles. The molecule has 0 spiro atoms. The van der Waals surface area contributed by atoms with E-state index in [0.717, 1.165) is 77.0 Å². The molecule has 0 radical (unpaired) electrons. The number of allylic oxidation sites excluding steroid dienone is 24. The maximum Gasteiger partial charge on any atom is 0.306 e. The van der Waals surface area contributed by atoms with E-state index in [1.807, 2.05) is 66.8 Å². The van der Waals surface area contributed by atoms with E-state index in [2.05, 4.69) is 99.8 Å². The second-order valence-electron chi connectivity index (χ2n) is 15.7. The van der Waals surface area contributed by atoms with Crippen molar-refractivity contribution < 1.29 is 28.6 Å². The van der Waals surface area contributed by atoms with Gasteiger partial charge in [0.25, 0.3) is 0 Å². The van der Waals surface area contributed by atoms with Gasteiger partial charge in [-0.1, -0.05) is 212 Å². The van der Waals surface area contributed by atoms with Crippen molar-refractivity contribution in [3.05, 3.63) is 146 Å². The van der Waals surface area contributed by atoms with Crippen LogP contribution in [0.1, 0.15) is 181 Å². The van der Waals surface area contributed by atoms with Crippen molar-refractivity contribution in [2.45, 2.75) is 187 Å². The molecule has 0 saturated heterocycles. The fourth-order valence-electron chi connectivity index (χ4n) is 6.02. The van der Waals surface area contributed by atoms with Gasteiger partial charge in [0, 0.05) is 19.3 Å². The van der Waals surface area contributed by atoms with Gasteiger partial charge < -0.3 is 14.2 Å². The maximum absolute atomic E-state index is 12.7. The number of ether oxygens (including phenoxy) is 3. The highest BCUT2D eigenvalue weighted by molar-refractivity contribution is 5.71. The molecule has 0 N–H and O–H groups in total. The lowest BCUT2D eigenvalue weighted by Crippen LogP contribution is -2.30. The van der Waals surface area contributed by atoms with E-state index in [4.69, 9.17) is 14.2 Å². The Morgan fingerprint density at radius 2 is 0.734 bits per heavy atom. The van der Waals surface area contributed by atoms with Gasteiger partial charge in [-0.2, -0.15) is 0 Å². The lowest BCUT2D eigenvalue weighted by molar-refractivity contribution is -0.166. The molecular weight excluding hydrogens is 793 g/mol. The van der Waals surface area contributed by atoms with Gasteiger partial charge in [-0.25, -0.2) is 0 Å². The molecule has 0 aromatic heterocycles. The molecule has 0 amide bonds. The molecule has 0 bridgehead atoms. The van der Waals surface area contributed by atoms with Crippen molar-refractivity contribution >= 4 is 17.9 Å². The lowest BCUT2D eigenvalue weighted by Gasteiger charge is -2.18. The summed E-state index contributed by atoms with van der Waals surface area (Å²) in [6.45, 7) is 6.19. The summed E-state index contributed by atoms with van der Waals surface area (Å²) >= 11 is 0. The molecule has 356 valence electrons. The standard InChI is InChI=1S/C58H88O6/c1-4-7-10-13-16-19-22-25-27-29-31-33-36-39-42-45-48-51-57(60)63-54-55(53-62-56(59)50-47-44-41-38-35-32-24-21-18-15-12-9-6-3)64-58(61)52-49-46-43-40-37-34-30-28-26-23-20-17-14-11-8-5-2/h8-9,11-12,15-21,24-28,32,34-35,37-38,41,43,46,55H,4-7,10,13-14,22-23,29-31,33,36,39-40,42,44-45,47-54H2,1-3H3/b11-8-,12-9-,18-15-,19-16-,20-17-,24-21-,27-25-,28-26-,35-32-,37-34-,41-38-,46-43-. The van der Waals surface area contributed by atoms with Crippen molar-refractivity contribution in [1.29, 1.82) is 0 Å². The normalized spacial score (nSPS) is 13.4. The van der Waals surface area contributed by atoms with Gasteiger partial charge in [0.05, 0.1) is 0 Å². The third kappa shape index (κ3) is 48.3. The largest absolute Gasteiger partial charge is 0.462 e. The zero-order valence-electron chi connectivity index (χ0n) is 40.5. The zero-order chi connectivity index (χ0) is 46.5. The summed E-state index contributed by atoms with van der Waals surface area (Å²) in [5, 5.41) is 0. The van der Waals surface area contributed by atoms with Gasteiger partial charge in [0.15, 0.2) is 6.10 Å². The second-order valence-corrected chi connectivity index (χ2v) is 15.7. The third-order valence-corrected chi connectivity index (χ3v) is 9.70. The zero-order valence-corrected chi connectivity index (χ0v) is 40.5. The Balaban J connectivity index is 4.63. The Hall–Kier alpha value is -4.71. The summed E-state index contributed by atoms with van der Waals surface area (Å²) in [6, 6.07) is 0. The molecule has 0 rings (SSSR count). The van der Waals surface area contributed by atoms with Crippen LogP contribution in [0, 0.1) is 0 Å². The van der Waals surface area contributed by atoms with E-state index in [0.29, 0.717) is 19.3 Å². The van der Waals surface area contributed by atoms with Crippen LogP contribution >= 0.6 is 0 Å². The van der Waals surface area contributed by atoms with Crippen molar-refractivity contribution in [3.63, 3.8) is 0 Å². The fourth-order valence-corrected chi connectivity index (χ4v) is 6.02. The van der Waals surface area contributed by atoms with Gasteiger partial charge in [0.2, 0.25) is 0 Å². The predicted octanol–water partition coefficient (Wildman–Crippen LogP) is 16.5. The van der Waals surface area contributed by atoms with Gasteiger partial charge >= 0.3 is 17.9 Å². The number of hydrogen-bond donors (Lipinski definition) is 0. The fraction of sp³-hybridized carbons (Fsp3) is 0.534. The number of carbonyl (C=O) groups excluding carboxylic acids is 3. The number of carbonyl (C=O) groups is 3. The van der Waals surface area contributed by atoms with Gasteiger partial charge in [-0.05, 0) is 96.3 Å². The highest BCUT2D eigenvalue weighted by Crippen LogP contribution is 2.12. The van der Waals surface area contributed by atoms with Crippen molar-refractivity contribution in [2.24, 2.45) is 0 Å². The third-order valence-electron chi connectivity index (χ3n) is 9.70. The molecule has 0 aliphatic heterocycles. The summed E-state index contributed by atoms with van der Waals surface area (Å²) in [4.78, 5) is 37.9. The first kappa shape index (κ1) is 59.3. The van der Waals surface area contributed by atoms with E-state index in [1.165, 1.54) is 51.4 Å². The molecule has 0 fully saturated rings. The Morgan fingerprint density at radius 1 is 0.344 bits per heavy atom. The second kappa shape index (κ2) is 50.9. The van der Waals surface area contributed by atoms with Crippen molar-refractivity contribution in [1.82, 2.24) is 0 Å². The Morgan fingerprint density at radius 3 is 1.25 bits per heavy atom. The smallest absolute Gasteiger partial charge is 0.306 e. The molecular formula is C58H88O6. The minimum absolute atomic E-state index is 0.141. The average molecular weight is 881 g/mol. The molecule has 64 heavy (non-hydrogen) atoms. The Labute approximate surface area is 391 Å². The van der Waals surface area contributed by atoms with E-state index in [-0.39, 0.29) is 38.0 Å². The molecule has 0 aromatic carbocycles. The van der Waals surface area contributed by atoms with Crippen LogP contribution < -0.4 is 0 Å². The first-order valence-electron chi connectivity index (χ1n) is 24.9. The van der Waals surface area contributed by atoms with Crippen molar-refractivity contribution in [2.75, 3.05) is 13.2 Å². The average Bonchev–Trinajstić information content (AvgIpc) is 3.29. The van der Waals surface area contributed by atoms with E-state index < -0.39 is 12.1 Å². The van der Waals surface area contributed by atoms with Crippen LogP contribution in [-0.2, 0) is 28.6 Å².